The highest BCUT2D eigenvalue weighted by atomic mass is 19.1. The molecule has 0 fully saturated rings. The summed E-state index contributed by atoms with van der Waals surface area (Å²) in [6, 6.07) is 10.3. The molecule has 1 N–H and O–H groups in total. The van der Waals surface area contributed by atoms with E-state index in [1.807, 2.05) is 6.20 Å². The number of hydrogen-bond donors (Lipinski definition) is 1. The second kappa shape index (κ2) is 9.43. The van der Waals surface area contributed by atoms with Gasteiger partial charge in [0.25, 0.3) is 0 Å². The van der Waals surface area contributed by atoms with Crippen molar-refractivity contribution >= 4 is 17.2 Å². The molecule has 2 aliphatic rings. The highest BCUT2D eigenvalue weighted by Crippen LogP contribution is 2.42. The fourth-order valence-electron chi connectivity index (χ4n) is 5.44. The van der Waals surface area contributed by atoms with Gasteiger partial charge in [-0.3, -0.25) is 4.98 Å². The number of rotatable bonds is 7. The summed E-state index contributed by atoms with van der Waals surface area (Å²) in [5, 5.41) is 8.32. The molecule has 0 saturated heterocycles. The molecule has 1 unspecified atom stereocenters. The lowest BCUT2D eigenvalue weighted by atomic mass is 9.88. The number of pyridine rings is 1. The van der Waals surface area contributed by atoms with E-state index in [4.69, 9.17) is 14.7 Å². The third kappa shape index (κ3) is 4.15. The van der Waals surface area contributed by atoms with Crippen LogP contribution in [0.2, 0.25) is 0 Å². The Kier molecular flexibility index (Phi) is 5.97. The first-order valence-corrected chi connectivity index (χ1v) is 12.5. The van der Waals surface area contributed by atoms with Gasteiger partial charge in [-0.1, -0.05) is 36.8 Å². The quantitative estimate of drug-likeness (QED) is 0.376. The maximum Gasteiger partial charge on any atom is 0.228 e. The van der Waals surface area contributed by atoms with Gasteiger partial charge in [0, 0.05) is 37.1 Å². The van der Waals surface area contributed by atoms with Gasteiger partial charge in [0.05, 0.1) is 12.4 Å². The van der Waals surface area contributed by atoms with Crippen molar-refractivity contribution in [3.63, 3.8) is 0 Å². The van der Waals surface area contributed by atoms with Crippen LogP contribution in [0.25, 0.3) is 22.6 Å². The van der Waals surface area contributed by atoms with Crippen LogP contribution in [0.15, 0.2) is 54.5 Å². The summed E-state index contributed by atoms with van der Waals surface area (Å²) in [5.74, 6) is 0.824. The molecule has 2 atom stereocenters. The molecular formula is C28H29FN6O. The van der Waals surface area contributed by atoms with E-state index in [1.54, 1.807) is 23.4 Å². The SMILES string of the molecule is COCCC(C)c1cnn2c(N[C@@H]3CCC4=C(C3)c3ccccc3C4)nc(-c3cncc(F)c3)nc12. The summed E-state index contributed by atoms with van der Waals surface area (Å²) in [7, 11) is 1.70. The normalized spacial score (nSPS) is 17.8. The number of halogens is 1. The molecule has 0 radical (unpaired) electrons. The zero-order chi connectivity index (χ0) is 24.6. The van der Waals surface area contributed by atoms with Crippen LogP contribution in [0.5, 0.6) is 0 Å². The Morgan fingerprint density at radius 3 is 2.94 bits per heavy atom. The van der Waals surface area contributed by atoms with Gasteiger partial charge < -0.3 is 10.1 Å². The van der Waals surface area contributed by atoms with E-state index in [1.165, 1.54) is 29.0 Å². The van der Waals surface area contributed by atoms with Crippen LogP contribution in [0.1, 0.15) is 55.2 Å². The van der Waals surface area contributed by atoms with Crippen molar-refractivity contribution in [2.75, 3.05) is 19.0 Å². The monoisotopic (exact) mass is 484 g/mol. The van der Waals surface area contributed by atoms with E-state index < -0.39 is 5.82 Å². The summed E-state index contributed by atoms with van der Waals surface area (Å²) < 4.78 is 21.1. The first-order valence-electron chi connectivity index (χ1n) is 12.5. The summed E-state index contributed by atoms with van der Waals surface area (Å²) in [6.45, 7) is 2.79. The third-order valence-electron chi connectivity index (χ3n) is 7.40. The molecular weight excluding hydrogens is 455 g/mol. The Morgan fingerprint density at radius 2 is 2.08 bits per heavy atom. The third-order valence-corrected chi connectivity index (χ3v) is 7.40. The highest BCUT2D eigenvalue weighted by molar-refractivity contribution is 5.77. The van der Waals surface area contributed by atoms with Gasteiger partial charge >= 0.3 is 0 Å². The molecule has 7 nitrogen and oxygen atoms in total. The average Bonchev–Trinajstić information content (AvgIpc) is 3.49. The van der Waals surface area contributed by atoms with E-state index >= 15 is 0 Å². The number of allylic oxidation sites excluding steroid dienone is 1. The molecule has 36 heavy (non-hydrogen) atoms. The fraction of sp³-hybridized carbons (Fsp3) is 0.357. The molecule has 3 heterocycles. The topological polar surface area (TPSA) is 77.2 Å². The van der Waals surface area contributed by atoms with Crippen LogP contribution in [-0.2, 0) is 11.2 Å². The first kappa shape index (κ1) is 22.8. The van der Waals surface area contributed by atoms with Gasteiger partial charge in [-0.25, -0.2) is 9.37 Å². The van der Waals surface area contributed by atoms with Crippen LogP contribution in [0.3, 0.4) is 0 Å². The molecule has 4 aromatic rings. The van der Waals surface area contributed by atoms with Gasteiger partial charge in [0.15, 0.2) is 11.5 Å². The predicted molar refractivity (Wildman–Crippen MR) is 137 cm³/mol. The molecule has 0 spiro atoms. The van der Waals surface area contributed by atoms with Crippen molar-refractivity contribution in [2.45, 2.75) is 51.0 Å². The molecule has 0 saturated carbocycles. The Hall–Kier alpha value is -3.65. The second-order valence-corrected chi connectivity index (χ2v) is 9.78. The largest absolute Gasteiger partial charge is 0.385 e. The number of nitrogens with zero attached hydrogens (tertiary/aromatic N) is 5. The number of hydrogen-bond acceptors (Lipinski definition) is 6. The molecule has 1 aromatic carbocycles. The number of benzene rings is 1. The van der Waals surface area contributed by atoms with E-state index in [-0.39, 0.29) is 12.0 Å². The van der Waals surface area contributed by atoms with Gasteiger partial charge in [0.1, 0.15) is 5.82 Å². The minimum atomic E-state index is -0.417. The number of ether oxygens (including phenoxy) is 1. The van der Waals surface area contributed by atoms with Crippen molar-refractivity contribution in [1.82, 2.24) is 24.6 Å². The predicted octanol–water partition coefficient (Wildman–Crippen LogP) is 5.44. The smallest absolute Gasteiger partial charge is 0.228 e. The Labute approximate surface area is 209 Å². The van der Waals surface area contributed by atoms with E-state index in [2.05, 4.69) is 46.6 Å². The van der Waals surface area contributed by atoms with Crippen molar-refractivity contribution < 1.29 is 9.13 Å². The Morgan fingerprint density at radius 1 is 1.19 bits per heavy atom. The highest BCUT2D eigenvalue weighted by Gasteiger charge is 2.29. The number of fused-ring (bicyclic) bond motifs is 3. The molecule has 0 aliphatic heterocycles. The van der Waals surface area contributed by atoms with Crippen LogP contribution in [-0.4, -0.2) is 44.3 Å². The fourth-order valence-corrected chi connectivity index (χ4v) is 5.44. The van der Waals surface area contributed by atoms with Crippen molar-refractivity contribution in [1.29, 1.82) is 0 Å². The summed E-state index contributed by atoms with van der Waals surface area (Å²) in [4.78, 5) is 13.6. The van der Waals surface area contributed by atoms with Crippen molar-refractivity contribution in [2.24, 2.45) is 0 Å². The van der Waals surface area contributed by atoms with Gasteiger partial charge in [-0.2, -0.15) is 14.6 Å². The minimum Gasteiger partial charge on any atom is -0.385 e. The number of methoxy groups -OCH3 is 1. The van der Waals surface area contributed by atoms with Crippen molar-refractivity contribution in [3.05, 3.63) is 77.0 Å². The van der Waals surface area contributed by atoms with E-state index in [0.717, 1.165) is 43.3 Å². The number of anilines is 1. The second-order valence-electron chi connectivity index (χ2n) is 9.78. The van der Waals surface area contributed by atoms with E-state index in [0.29, 0.717) is 23.9 Å². The Bertz CT molecular complexity index is 1460. The number of nitrogens with one attached hydrogen (secondary N) is 1. The van der Waals surface area contributed by atoms with Crippen molar-refractivity contribution in [3.8, 4) is 11.4 Å². The maximum absolute atomic E-state index is 14.0. The van der Waals surface area contributed by atoms with Gasteiger partial charge in [-0.15, -0.1) is 0 Å². The van der Waals surface area contributed by atoms with Gasteiger partial charge in [0.2, 0.25) is 5.95 Å². The molecule has 0 bridgehead atoms. The Balaban J connectivity index is 1.37. The lowest BCUT2D eigenvalue weighted by molar-refractivity contribution is 0.189. The van der Waals surface area contributed by atoms with Crippen LogP contribution >= 0.6 is 0 Å². The van der Waals surface area contributed by atoms with Gasteiger partial charge in [-0.05, 0) is 60.8 Å². The summed E-state index contributed by atoms with van der Waals surface area (Å²) >= 11 is 0. The summed E-state index contributed by atoms with van der Waals surface area (Å²) in [6.07, 6.45) is 9.57. The zero-order valence-electron chi connectivity index (χ0n) is 20.5. The van der Waals surface area contributed by atoms with E-state index in [9.17, 15) is 4.39 Å². The maximum atomic E-state index is 14.0. The van der Waals surface area contributed by atoms with Crippen LogP contribution < -0.4 is 5.32 Å². The minimum absolute atomic E-state index is 0.195. The molecule has 0 amide bonds. The van der Waals surface area contributed by atoms with Crippen LogP contribution in [0, 0.1) is 5.82 Å². The standard InChI is InChI=1S/C28H29FN6O/c1-17(9-10-36-2)25-16-31-35-27(25)33-26(20-12-21(29)15-30-14-20)34-28(35)32-22-8-7-19-11-18-5-3-4-6-23(18)24(19)13-22/h3-6,12,14-17,22H,7-11,13H2,1-2H3,(H,32,33,34)/t17?,22-/m1/s1. The number of aromatic nitrogens is 5. The average molecular weight is 485 g/mol. The molecule has 184 valence electrons. The zero-order valence-corrected chi connectivity index (χ0v) is 20.5. The molecule has 6 rings (SSSR count). The summed E-state index contributed by atoms with van der Waals surface area (Å²) in [5.41, 5.74) is 8.10. The lowest BCUT2D eigenvalue weighted by Crippen LogP contribution is -2.25. The molecule has 3 aromatic heterocycles. The first-order chi connectivity index (χ1) is 17.6. The molecule has 8 heteroatoms. The van der Waals surface area contributed by atoms with Crippen LogP contribution in [0.4, 0.5) is 10.3 Å². The molecule has 2 aliphatic carbocycles. The lowest BCUT2D eigenvalue weighted by Gasteiger charge is -2.26.